The quantitative estimate of drug-likeness (QED) is 0.416. The molecule has 1 aromatic carbocycles. The molecule has 1 aliphatic rings. The van der Waals surface area contributed by atoms with Crippen LogP contribution in [0.25, 0.3) is 16.6 Å². The first-order valence-corrected chi connectivity index (χ1v) is 11.2. The third kappa shape index (κ3) is 4.94. The van der Waals surface area contributed by atoms with Gasteiger partial charge in [-0.15, -0.1) is 12.8 Å². The number of nitrogens with one attached hydrogen (secondary N) is 2. The van der Waals surface area contributed by atoms with Crippen LogP contribution in [0, 0.1) is 12.8 Å². The van der Waals surface area contributed by atoms with Crippen molar-refractivity contribution in [2.45, 2.75) is 43.9 Å². The molecule has 0 unspecified atom stereocenters. The fraction of sp³-hybridized carbons (Fsp3) is 0.320. The molecule has 182 valence electrons. The van der Waals surface area contributed by atoms with E-state index in [1.165, 1.54) is 4.40 Å². The summed E-state index contributed by atoms with van der Waals surface area (Å²) in [6, 6.07) is 12.7. The second kappa shape index (κ2) is 9.70. The number of halogens is 3. The van der Waals surface area contributed by atoms with Gasteiger partial charge in [0.2, 0.25) is 0 Å². The average Bonchev–Trinajstić information content (AvgIpc) is 3.43. The van der Waals surface area contributed by atoms with Crippen molar-refractivity contribution < 1.29 is 18.0 Å². The van der Waals surface area contributed by atoms with E-state index in [-0.39, 0.29) is 23.6 Å². The van der Waals surface area contributed by atoms with E-state index in [0.717, 1.165) is 42.8 Å². The molecule has 0 bridgehead atoms. The van der Waals surface area contributed by atoms with E-state index in [1.807, 2.05) is 24.3 Å². The Hall–Kier alpha value is -4.00. The van der Waals surface area contributed by atoms with Crippen LogP contribution in [-0.4, -0.2) is 37.2 Å². The van der Waals surface area contributed by atoms with E-state index < -0.39 is 11.9 Å². The highest BCUT2D eigenvalue weighted by atomic mass is 19.4. The molecule has 3 heterocycles. The fourth-order valence-corrected chi connectivity index (χ4v) is 4.53. The minimum Gasteiger partial charge on any atom is -0.368 e. The van der Waals surface area contributed by atoms with Crippen LogP contribution in [0.15, 0.2) is 48.7 Å². The molecule has 0 radical (unpaired) electrons. The molecule has 0 saturated heterocycles. The van der Waals surface area contributed by atoms with Gasteiger partial charge in [-0.2, -0.15) is 18.3 Å². The lowest BCUT2D eigenvalue weighted by molar-refractivity contribution is -0.140. The summed E-state index contributed by atoms with van der Waals surface area (Å²) in [6.45, 7) is 0. The van der Waals surface area contributed by atoms with Crippen molar-refractivity contribution in [3.63, 3.8) is 0 Å². The van der Waals surface area contributed by atoms with Gasteiger partial charge in [0.15, 0.2) is 5.69 Å². The van der Waals surface area contributed by atoms with Gasteiger partial charge in [0.25, 0.3) is 5.91 Å². The van der Waals surface area contributed by atoms with Crippen LogP contribution in [0.2, 0.25) is 0 Å². The Morgan fingerprint density at radius 3 is 2.43 bits per heavy atom. The lowest BCUT2D eigenvalue weighted by Gasteiger charge is -2.30. The summed E-state index contributed by atoms with van der Waals surface area (Å²) in [6.07, 6.45) is 7.64. The van der Waals surface area contributed by atoms with Crippen LogP contribution in [0.3, 0.4) is 0 Å². The zero-order valence-corrected chi connectivity index (χ0v) is 19.1. The maximum atomic E-state index is 13.0. The maximum absolute atomic E-state index is 13.0. The lowest BCUT2D eigenvalue weighted by Crippen LogP contribution is -2.40. The van der Waals surface area contributed by atoms with Crippen molar-refractivity contribution >= 4 is 28.3 Å². The number of aryl methyl sites for hydroxylation is 1. The molecule has 0 spiro atoms. The van der Waals surface area contributed by atoms with E-state index in [4.69, 9.17) is 0 Å². The van der Waals surface area contributed by atoms with Gasteiger partial charge in [-0.25, -0.2) is 4.98 Å². The van der Waals surface area contributed by atoms with Gasteiger partial charge in [-0.3, -0.25) is 13.9 Å². The number of carbonyl (C=O) groups is 1. The van der Waals surface area contributed by atoms with Crippen LogP contribution in [0.5, 0.6) is 0 Å². The van der Waals surface area contributed by atoms with Gasteiger partial charge < -0.3 is 10.6 Å². The molecule has 5 rings (SSSR count). The Morgan fingerprint density at radius 2 is 1.71 bits per heavy atom. The summed E-state index contributed by atoms with van der Waals surface area (Å²) in [5, 5.41) is 11.7. The Bertz CT molecular complexity index is 1360. The standard InChI is InChI=1S/C23H23F3N6O.C2H2/c1-31-21(16-5-2-3-6-17(16)30-31)22(33)28-15-11-9-14(10-12-15)27-19-7-4-8-20-29-18(13-32(19)20)23(24,25)26;1-2/h2-8,13-15,27H,9-12H2,1H3,(H,28,33);1-2H. The number of fused-ring (bicyclic) bond motifs is 2. The fourth-order valence-electron chi connectivity index (χ4n) is 4.53. The first-order valence-electron chi connectivity index (χ1n) is 11.2. The van der Waals surface area contributed by atoms with Crippen LogP contribution in [-0.2, 0) is 13.2 Å². The monoisotopic (exact) mass is 482 g/mol. The number of rotatable bonds is 4. The molecule has 1 amide bonds. The number of hydrogen-bond donors (Lipinski definition) is 2. The number of nitrogens with zero attached hydrogens (tertiary/aromatic N) is 4. The summed E-state index contributed by atoms with van der Waals surface area (Å²) in [4.78, 5) is 16.6. The van der Waals surface area contributed by atoms with Gasteiger partial charge in [-0.1, -0.05) is 24.3 Å². The number of benzene rings is 1. The summed E-state index contributed by atoms with van der Waals surface area (Å²) in [5.41, 5.74) is 0.654. The second-order valence-corrected chi connectivity index (χ2v) is 8.42. The number of hydrogen-bond acceptors (Lipinski definition) is 4. The van der Waals surface area contributed by atoms with E-state index >= 15 is 0 Å². The number of alkyl halides is 3. The molecule has 4 aromatic rings. The smallest absolute Gasteiger partial charge is 0.368 e. The number of anilines is 1. The van der Waals surface area contributed by atoms with Crippen molar-refractivity contribution in [1.82, 2.24) is 24.5 Å². The third-order valence-corrected chi connectivity index (χ3v) is 6.15. The molecule has 1 aliphatic carbocycles. The van der Waals surface area contributed by atoms with Crippen LogP contribution in [0.4, 0.5) is 19.0 Å². The highest BCUT2D eigenvalue weighted by Crippen LogP contribution is 2.30. The first kappa shape index (κ1) is 24.1. The molecule has 2 N–H and O–H groups in total. The number of amides is 1. The van der Waals surface area contributed by atoms with Gasteiger partial charge in [0.05, 0.1) is 5.52 Å². The third-order valence-electron chi connectivity index (χ3n) is 6.15. The zero-order valence-electron chi connectivity index (χ0n) is 19.1. The number of terminal acetylenes is 1. The minimum atomic E-state index is -4.49. The molecule has 7 nitrogen and oxygen atoms in total. The molecule has 0 aliphatic heterocycles. The summed E-state index contributed by atoms with van der Waals surface area (Å²) < 4.78 is 42.2. The Morgan fingerprint density at radius 1 is 1.03 bits per heavy atom. The summed E-state index contributed by atoms with van der Waals surface area (Å²) in [5.74, 6) is 0.426. The van der Waals surface area contributed by atoms with Crippen molar-refractivity contribution in [2.75, 3.05) is 5.32 Å². The molecular formula is C25H25F3N6O. The van der Waals surface area contributed by atoms with E-state index in [2.05, 4.69) is 33.6 Å². The summed E-state index contributed by atoms with van der Waals surface area (Å²) >= 11 is 0. The normalized spacial score (nSPS) is 18.1. The molecule has 0 atom stereocenters. The Labute approximate surface area is 200 Å². The highest BCUT2D eigenvalue weighted by molar-refractivity contribution is 6.05. The number of imidazole rings is 1. The Kier molecular flexibility index (Phi) is 6.69. The Balaban J connectivity index is 0.00000141. The van der Waals surface area contributed by atoms with E-state index in [0.29, 0.717) is 11.5 Å². The first-order chi connectivity index (χ1) is 16.8. The topological polar surface area (TPSA) is 76.2 Å². The molecule has 35 heavy (non-hydrogen) atoms. The zero-order chi connectivity index (χ0) is 25.2. The maximum Gasteiger partial charge on any atom is 0.434 e. The van der Waals surface area contributed by atoms with E-state index in [1.54, 1.807) is 29.9 Å². The van der Waals surface area contributed by atoms with Gasteiger partial charge in [0, 0.05) is 30.7 Å². The lowest BCUT2D eigenvalue weighted by atomic mass is 9.91. The van der Waals surface area contributed by atoms with Crippen LogP contribution in [0.1, 0.15) is 41.9 Å². The van der Waals surface area contributed by atoms with Crippen LogP contribution < -0.4 is 10.6 Å². The van der Waals surface area contributed by atoms with Crippen molar-refractivity contribution in [3.05, 3.63) is 60.0 Å². The average molecular weight is 483 g/mol. The molecular weight excluding hydrogens is 457 g/mol. The molecule has 10 heteroatoms. The molecule has 1 fully saturated rings. The van der Waals surface area contributed by atoms with Gasteiger partial charge in [-0.05, 0) is 43.9 Å². The largest absolute Gasteiger partial charge is 0.434 e. The minimum absolute atomic E-state index is 0.0325. The highest BCUT2D eigenvalue weighted by Gasteiger charge is 2.34. The van der Waals surface area contributed by atoms with E-state index in [9.17, 15) is 18.0 Å². The number of pyridine rings is 1. The number of aromatic nitrogens is 4. The molecule has 3 aromatic heterocycles. The van der Waals surface area contributed by atoms with Gasteiger partial charge in [0.1, 0.15) is 17.2 Å². The van der Waals surface area contributed by atoms with Crippen molar-refractivity contribution in [1.29, 1.82) is 0 Å². The second-order valence-electron chi connectivity index (χ2n) is 8.42. The number of carbonyl (C=O) groups excluding carboxylic acids is 1. The van der Waals surface area contributed by atoms with Crippen molar-refractivity contribution in [2.24, 2.45) is 7.05 Å². The molecule has 1 saturated carbocycles. The SMILES string of the molecule is C#C.Cn1nc2ccccc2c1C(=O)NC1CCC(Nc2cccc3nc(C(F)(F)F)cn23)CC1. The van der Waals surface area contributed by atoms with Gasteiger partial charge >= 0.3 is 6.18 Å². The predicted molar refractivity (Wildman–Crippen MR) is 128 cm³/mol. The predicted octanol–water partition coefficient (Wildman–Crippen LogP) is 4.64. The van der Waals surface area contributed by atoms with Crippen LogP contribution >= 0.6 is 0 Å². The summed E-state index contributed by atoms with van der Waals surface area (Å²) in [7, 11) is 1.76. The van der Waals surface area contributed by atoms with Crippen molar-refractivity contribution in [3.8, 4) is 12.8 Å².